The van der Waals surface area contributed by atoms with E-state index in [1.54, 1.807) is 36.4 Å². The zero-order valence-corrected chi connectivity index (χ0v) is 20.3. The van der Waals surface area contributed by atoms with Gasteiger partial charge in [-0.05, 0) is 59.8 Å². The van der Waals surface area contributed by atoms with E-state index in [-0.39, 0.29) is 18.9 Å². The van der Waals surface area contributed by atoms with Crippen molar-refractivity contribution in [2.24, 2.45) is 0 Å². The predicted octanol–water partition coefficient (Wildman–Crippen LogP) is 4.98. The van der Waals surface area contributed by atoms with Crippen LogP contribution in [0, 0.1) is 6.92 Å². The number of aromatic amines is 1. The van der Waals surface area contributed by atoms with Crippen LogP contribution in [0.4, 0.5) is 13.2 Å². The van der Waals surface area contributed by atoms with Gasteiger partial charge in [-0.25, -0.2) is 8.42 Å². The Morgan fingerprint density at radius 2 is 1.70 bits per heavy atom. The van der Waals surface area contributed by atoms with Crippen LogP contribution in [0.15, 0.2) is 76.4 Å². The second-order valence-electron chi connectivity index (χ2n) is 8.67. The third-order valence-corrected chi connectivity index (χ3v) is 7.88. The van der Waals surface area contributed by atoms with E-state index in [0.29, 0.717) is 28.0 Å². The molecule has 0 spiro atoms. The number of hydrogen-bond donors (Lipinski definition) is 1. The number of alkyl halides is 3. The molecule has 1 N–H and O–H groups in total. The second-order valence-corrected chi connectivity index (χ2v) is 10.6. The number of nitrogens with zero attached hydrogens (tertiary/aromatic N) is 1. The van der Waals surface area contributed by atoms with Crippen LogP contribution in [-0.4, -0.2) is 24.5 Å². The summed E-state index contributed by atoms with van der Waals surface area (Å²) in [6.07, 6.45) is -4.90. The molecule has 0 fully saturated rings. The van der Waals surface area contributed by atoms with Crippen molar-refractivity contribution in [3.8, 4) is 11.5 Å². The molecule has 2 heterocycles. The lowest BCUT2D eigenvalue weighted by atomic mass is 10.1. The number of rotatable bonds is 6. The molecule has 3 aromatic carbocycles. The predicted molar refractivity (Wildman–Crippen MR) is 130 cm³/mol. The average Bonchev–Trinajstić information content (AvgIpc) is 3.31. The standard InChI is InChI=1S/C26H21F3N2O5S/c1-16-6-8-18-12-19(25(32)30-21(18)10-16)14-31(13-17-7-9-22-23(11-17)36-15-35-22)37(33,34)24-5-3-2-4-20(24)26(27,28)29/h2-12H,13-15H2,1H3,(H,30,32). The Morgan fingerprint density at radius 1 is 0.946 bits per heavy atom. The lowest BCUT2D eigenvalue weighted by Crippen LogP contribution is -2.33. The lowest BCUT2D eigenvalue weighted by Gasteiger charge is -2.24. The van der Waals surface area contributed by atoms with Gasteiger partial charge in [-0.2, -0.15) is 17.5 Å². The first-order valence-corrected chi connectivity index (χ1v) is 12.6. The summed E-state index contributed by atoms with van der Waals surface area (Å²) in [6.45, 7) is 1.10. The molecule has 0 radical (unpaired) electrons. The van der Waals surface area contributed by atoms with E-state index in [0.717, 1.165) is 28.1 Å². The molecule has 11 heteroatoms. The van der Waals surface area contributed by atoms with Crippen molar-refractivity contribution in [1.82, 2.24) is 9.29 Å². The van der Waals surface area contributed by atoms with Crippen LogP contribution in [0.5, 0.6) is 11.5 Å². The first-order valence-electron chi connectivity index (χ1n) is 11.2. The van der Waals surface area contributed by atoms with Crippen LogP contribution < -0.4 is 15.0 Å². The monoisotopic (exact) mass is 530 g/mol. The van der Waals surface area contributed by atoms with Crippen molar-refractivity contribution >= 4 is 20.9 Å². The van der Waals surface area contributed by atoms with Crippen LogP contribution in [-0.2, 0) is 29.3 Å². The minimum atomic E-state index is -4.90. The molecule has 0 saturated carbocycles. The number of aromatic nitrogens is 1. The van der Waals surface area contributed by atoms with Crippen molar-refractivity contribution in [3.05, 3.63) is 99.3 Å². The molecule has 0 aliphatic carbocycles. The molecule has 0 unspecified atom stereocenters. The smallest absolute Gasteiger partial charge is 0.417 e. The van der Waals surface area contributed by atoms with E-state index in [1.807, 2.05) is 13.0 Å². The first kappa shape index (κ1) is 24.8. The fourth-order valence-corrected chi connectivity index (χ4v) is 5.82. The maximum atomic E-state index is 13.7. The largest absolute Gasteiger partial charge is 0.454 e. The molecular weight excluding hydrogens is 509 g/mol. The van der Waals surface area contributed by atoms with E-state index < -0.39 is 38.8 Å². The molecular formula is C26H21F3N2O5S. The van der Waals surface area contributed by atoms with Gasteiger partial charge in [-0.3, -0.25) is 4.79 Å². The Hall–Kier alpha value is -3.83. The normalized spacial score (nSPS) is 13.4. The van der Waals surface area contributed by atoms with Crippen molar-refractivity contribution in [2.75, 3.05) is 6.79 Å². The topological polar surface area (TPSA) is 88.7 Å². The summed E-state index contributed by atoms with van der Waals surface area (Å²) in [5.41, 5.74) is 0.213. The van der Waals surface area contributed by atoms with Crippen LogP contribution in [0.3, 0.4) is 0 Å². The molecule has 0 saturated heterocycles. The average molecular weight is 531 g/mol. The summed E-state index contributed by atoms with van der Waals surface area (Å²) in [5, 5.41) is 0.663. The summed E-state index contributed by atoms with van der Waals surface area (Å²) in [4.78, 5) is 14.7. The van der Waals surface area contributed by atoms with E-state index >= 15 is 0 Å². The number of hydrogen-bond acceptors (Lipinski definition) is 5. The SMILES string of the molecule is Cc1ccc2cc(CN(Cc3ccc4c(c3)OCO4)S(=O)(=O)c3ccccc3C(F)(F)F)c(=O)[nH]c2c1. The number of halogens is 3. The number of ether oxygens (including phenoxy) is 2. The van der Waals surface area contributed by atoms with Crippen molar-refractivity contribution in [3.63, 3.8) is 0 Å². The summed E-state index contributed by atoms with van der Waals surface area (Å²) < 4.78 is 80.2. The molecule has 7 nitrogen and oxygen atoms in total. The highest BCUT2D eigenvalue weighted by Crippen LogP contribution is 2.37. The first-order chi connectivity index (χ1) is 17.5. The number of H-pyrrole nitrogens is 1. The Balaban J connectivity index is 1.61. The fraction of sp³-hybridized carbons (Fsp3) is 0.192. The van der Waals surface area contributed by atoms with Gasteiger partial charge in [0.1, 0.15) is 0 Å². The van der Waals surface area contributed by atoms with Crippen LogP contribution in [0.1, 0.15) is 22.3 Å². The van der Waals surface area contributed by atoms with Gasteiger partial charge in [0.05, 0.1) is 10.5 Å². The van der Waals surface area contributed by atoms with Gasteiger partial charge in [0.15, 0.2) is 11.5 Å². The van der Waals surface area contributed by atoms with Crippen molar-refractivity contribution in [2.45, 2.75) is 31.1 Å². The van der Waals surface area contributed by atoms with Crippen LogP contribution in [0.25, 0.3) is 10.9 Å². The van der Waals surface area contributed by atoms with Crippen molar-refractivity contribution < 1.29 is 31.1 Å². The van der Waals surface area contributed by atoms with Gasteiger partial charge in [-0.1, -0.05) is 30.3 Å². The molecule has 1 aliphatic heterocycles. The minimum absolute atomic E-state index is 0.00565. The van der Waals surface area contributed by atoms with Gasteiger partial charge >= 0.3 is 6.18 Å². The van der Waals surface area contributed by atoms with Crippen molar-refractivity contribution in [1.29, 1.82) is 0 Å². The number of fused-ring (bicyclic) bond motifs is 2. The van der Waals surface area contributed by atoms with Gasteiger partial charge in [0.25, 0.3) is 5.56 Å². The Labute approximate surface area is 210 Å². The number of benzene rings is 3. The summed E-state index contributed by atoms with van der Waals surface area (Å²) in [5.74, 6) is 0.867. The molecule has 4 aromatic rings. The third kappa shape index (κ3) is 4.92. The van der Waals surface area contributed by atoms with E-state index in [1.165, 1.54) is 6.07 Å². The van der Waals surface area contributed by atoms with E-state index in [2.05, 4.69) is 4.98 Å². The van der Waals surface area contributed by atoms with Gasteiger partial charge in [-0.15, -0.1) is 0 Å². The summed E-state index contributed by atoms with van der Waals surface area (Å²) in [7, 11) is -4.71. The highest BCUT2D eigenvalue weighted by Gasteiger charge is 2.39. The highest BCUT2D eigenvalue weighted by molar-refractivity contribution is 7.89. The Kier molecular flexibility index (Phi) is 6.20. The molecule has 1 aromatic heterocycles. The zero-order chi connectivity index (χ0) is 26.4. The minimum Gasteiger partial charge on any atom is -0.454 e. The summed E-state index contributed by atoms with van der Waals surface area (Å²) in [6, 6.07) is 15.7. The van der Waals surface area contributed by atoms with Gasteiger partial charge < -0.3 is 14.5 Å². The van der Waals surface area contributed by atoms with Gasteiger partial charge in [0, 0.05) is 24.2 Å². The maximum absolute atomic E-state index is 13.7. The lowest BCUT2D eigenvalue weighted by molar-refractivity contribution is -0.139. The molecule has 0 amide bonds. The molecule has 5 rings (SSSR count). The maximum Gasteiger partial charge on any atom is 0.417 e. The Bertz CT molecular complexity index is 1670. The van der Waals surface area contributed by atoms with Crippen LogP contribution in [0.2, 0.25) is 0 Å². The third-order valence-electron chi connectivity index (χ3n) is 6.03. The Morgan fingerprint density at radius 3 is 2.49 bits per heavy atom. The number of pyridine rings is 1. The zero-order valence-electron chi connectivity index (χ0n) is 19.5. The van der Waals surface area contributed by atoms with Crippen LogP contribution >= 0.6 is 0 Å². The van der Waals surface area contributed by atoms with E-state index in [9.17, 15) is 26.4 Å². The quantitative estimate of drug-likeness (QED) is 0.380. The number of sulfonamides is 1. The highest BCUT2D eigenvalue weighted by atomic mass is 32.2. The molecule has 192 valence electrons. The molecule has 1 aliphatic rings. The van der Waals surface area contributed by atoms with E-state index in [4.69, 9.17) is 9.47 Å². The molecule has 0 bridgehead atoms. The molecule has 37 heavy (non-hydrogen) atoms. The molecule has 0 atom stereocenters. The second kappa shape index (κ2) is 9.24. The fourth-order valence-electron chi connectivity index (χ4n) is 4.20. The number of nitrogens with one attached hydrogen (secondary N) is 1. The number of aryl methyl sites for hydroxylation is 1. The summed E-state index contributed by atoms with van der Waals surface area (Å²) >= 11 is 0. The van der Waals surface area contributed by atoms with Gasteiger partial charge in [0.2, 0.25) is 16.8 Å².